The molecular weight excluding hydrogens is 371 g/mol. The quantitative estimate of drug-likeness (QED) is 0.665. The van der Waals surface area contributed by atoms with Crippen molar-refractivity contribution < 1.29 is 13.7 Å². The lowest BCUT2D eigenvalue weighted by atomic mass is 9.94. The highest BCUT2D eigenvalue weighted by molar-refractivity contribution is 5.80. The van der Waals surface area contributed by atoms with Crippen molar-refractivity contribution >= 4 is 5.91 Å². The number of piperidine rings is 1. The number of carbonyl (C=O) groups is 1. The minimum Gasteiger partial charge on any atom is -0.356 e. The van der Waals surface area contributed by atoms with Crippen LogP contribution in [0.25, 0.3) is 11.3 Å². The van der Waals surface area contributed by atoms with Crippen LogP contribution in [-0.2, 0) is 18.3 Å². The molecule has 0 spiro atoms. The van der Waals surface area contributed by atoms with Crippen LogP contribution in [-0.4, -0.2) is 32.3 Å². The van der Waals surface area contributed by atoms with Gasteiger partial charge < -0.3 is 9.42 Å². The first kappa shape index (κ1) is 19.4. The van der Waals surface area contributed by atoms with Crippen molar-refractivity contribution in [3.8, 4) is 11.3 Å². The molecule has 1 saturated heterocycles. The monoisotopic (exact) mass is 396 g/mol. The summed E-state index contributed by atoms with van der Waals surface area (Å²) in [4.78, 5) is 15.0. The standard InChI is InChI=1S/C22H25FN4O2/c1-14-15(2)25-29-22(14)18-13-26(3)24-21(18)19-9-4-5-10-27(19)20(28)12-16-7-6-8-17(23)11-16/h6-8,11,13,19H,4-5,9-10,12H2,1-3H3/t19-/m0/s1. The summed E-state index contributed by atoms with van der Waals surface area (Å²) in [6, 6.07) is 6.10. The van der Waals surface area contributed by atoms with Crippen LogP contribution < -0.4 is 0 Å². The van der Waals surface area contributed by atoms with E-state index in [1.165, 1.54) is 12.1 Å². The summed E-state index contributed by atoms with van der Waals surface area (Å²) in [5.74, 6) is 0.366. The summed E-state index contributed by atoms with van der Waals surface area (Å²) in [5, 5.41) is 8.77. The predicted octanol–water partition coefficient (Wildman–Crippen LogP) is 4.13. The molecule has 1 fully saturated rings. The summed E-state index contributed by atoms with van der Waals surface area (Å²) in [7, 11) is 1.87. The molecule has 6 nitrogen and oxygen atoms in total. The predicted molar refractivity (Wildman–Crippen MR) is 107 cm³/mol. The first-order valence-corrected chi connectivity index (χ1v) is 9.94. The van der Waals surface area contributed by atoms with Crippen LogP contribution in [0.15, 0.2) is 35.0 Å². The molecule has 3 aromatic rings. The minimum atomic E-state index is -0.325. The fourth-order valence-corrected chi connectivity index (χ4v) is 4.03. The number of aromatic nitrogens is 3. The summed E-state index contributed by atoms with van der Waals surface area (Å²) in [6.07, 6.45) is 4.92. The van der Waals surface area contributed by atoms with Gasteiger partial charge in [0.2, 0.25) is 5.91 Å². The van der Waals surface area contributed by atoms with Crippen LogP contribution in [0.2, 0.25) is 0 Å². The summed E-state index contributed by atoms with van der Waals surface area (Å²) >= 11 is 0. The highest BCUT2D eigenvalue weighted by atomic mass is 19.1. The molecule has 0 N–H and O–H groups in total. The highest BCUT2D eigenvalue weighted by Crippen LogP contribution is 2.37. The molecule has 3 heterocycles. The van der Waals surface area contributed by atoms with Gasteiger partial charge in [-0.1, -0.05) is 17.3 Å². The molecule has 0 unspecified atom stereocenters. The zero-order valence-corrected chi connectivity index (χ0v) is 17.0. The van der Waals surface area contributed by atoms with E-state index in [1.54, 1.807) is 16.8 Å². The molecule has 29 heavy (non-hydrogen) atoms. The van der Waals surface area contributed by atoms with Crippen LogP contribution in [0.3, 0.4) is 0 Å². The van der Waals surface area contributed by atoms with E-state index in [0.717, 1.165) is 41.8 Å². The van der Waals surface area contributed by atoms with Gasteiger partial charge in [-0.05, 0) is 50.8 Å². The molecule has 1 aliphatic rings. The Balaban J connectivity index is 1.66. The SMILES string of the molecule is Cc1noc(-c2cn(C)nc2[C@@H]2CCCCN2C(=O)Cc2cccc(F)c2)c1C. The maximum atomic E-state index is 13.5. The molecule has 1 aromatic carbocycles. The van der Waals surface area contributed by atoms with Gasteiger partial charge >= 0.3 is 0 Å². The van der Waals surface area contributed by atoms with Crippen LogP contribution in [0.5, 0.6) is 0 Å². The second-order valence-corrected chi connectivity index (χ2v) is 7.73. The lowest BCUT2D eigenvalue weighted by Gasteiger charge is -2.35. The molecule has 1 amide bonds. The Kier molecular flexibility index (Phi) is 5.22. The number of hydrogen-bond donors (Lipinski definition) is 0. The third-order valence-electron chi connectivity index (χ3n) is 5.64. The summed E-state index contributed by atoms with van der Waals surface area (Å²) in [5.41, 5.74) is 4.22. The van der Waals surface area contributed by atoms with Gasteiger partial charge in [-0.25, -0.2) is 4.39 Å². The van der Waals surface area contributed by atoms with E-state index in [0.29, 0.717) is 17.9 Å². The van der Waals surface area contributed by atoms with Crippen molar-refractivity contribution in [3.63, 3.8) is 0 Å². The van der Waals surface area contributed by atoms with Crippen molar-refractivity contribution in [1.29, 1.82) is 0 Å². The normalized spacial score (nSPS) is 17.0. The zero-order chi connectivity index (χ0) is 20.5. The number of carbonyl (C=O) groups excluding carboxylic acids is 1. The number of likely N-dealkylation sites (tertiary alicyclic amines) is 1. The summed E-state index contributed by atoms with van der Waals surface area (Å²) in [6.45, 7) is 4.56. The molecule has 0 radical (unpaired) electrons. The van der Waals surface area contributed by atoms with Gasteiger partial charge in [-0.2, -0.15) is 5.10 Å². The molecule has 1 atom stereocenters. The van der Waals surface area contributed by atoms with Crippen LogP contribution in [0.1, 0.15) is 47.8 Å². The third-order valence-corrected chi connectivity index (χ3v) is 5.64. The Morgan fingerprint density at radius 3 is 2.86 bits per heavy atom. The van der Waals surface area contributed by atoms with E-state index >= 15 is 0 Å². The summed E-state index contributed by atoms with van der Waals surface area (Å²) < 4.78 is 20.9. The van der Waals surface area contributed by atoms with Crippen molar-refractivity contribution in [2.45, 2.75) is 45.6 Å². The molecule has 0 bridgehead atoms. The van der Waals surface area contributed by atoms with E-state index in [9.17, 15) is 9.18 Å². The topological polar surface area (TPSA) is 64.2 Å². The first-order valence-electron chi connectivity index (χ1n) is 9.94. The fraction of sp³-hybridized carbons (Fsp3) is 0.409. The number of nitrogens with zero attached hydrogens (tertiary/aromatic N) is 4. The van der Waals surface area contributed by atoms with Gasteiger partial charge in [0.1, 0.15) is 5.82 Å². The van der Waals surface area contributed by atoms with Gasteiger partial charge in [0.15, 0.2) is 5.76 Å². The number of hydrogen-bond acceptors (Lipinski definition) is 4. The number of halogens is 1. The first-order chi connectivity index (χ1) is 13.9. The molecule has 0 saturated carbocycles. The molecule has 0 aliphatic carbocycles. The number of benzene rings is 1. The Bertz CT molecular complexity index is 1040. The van der Waals surface area contributed by atoms with E-state index in [-0.39, 0.29) is 24.2 Å². The Hall–Kier alpha value is -2.96. The maximum absolute atomic E-state index is 13.5. The van der Waals surface area contributed by atoms with Crippen LogP contribution in [0, 0.1) is 19.7 Å². The Labute approximate surface area is 169 Å². The van der Waals surface area contributed by atoms with Crippen LogP contribution in [0.4, 0.5) is 4.39 Å². The maximum Gasteiger partial charge on any atom is 0.227 e. The van der Waals surface area contributed by atoms with E-state index < -0.39 is 0 Å². The Morgan fingerprint density at radius 2 is 2.14 bits per heavy atom. The molecule has 152 valence electrons. The van der Waals surface area contributed by atoms with Crippen molar-refractivity contribution in [1.82, 2.24) is 19.8 Å². The molecular formula is C22H25FN4O2. The van der Waals surface area contributed by atoms with Crippen molar-refractivity contribution in [3.05, 3.63) is 58.8 Å². The van der Waals surface area contributed by atoms with E-state index in [1.807, 2.05) is 32.0 Å². The lowest BCUT2D eigenvalue weighted by Crippen LogP contribution is -2.39. The van der Waals surface area contributed by atoms with Crippen LogP contribution >= 0.6 is 0 Å². The second kappa shape index (κ2) is 7.81. The van der Waals surface area contributed by atoms with Gasteiger partial charge in [-0.3, -0.25) is 9.48 Å². The highest BCUT2D eigenvalue weighted by Gasteiger charge is 2.33. The number of amides is 1. The molecule has 4 rings (SSSR count). The fourth-order valence-electron chi connectivity index (χ4n) is 4.03. The average molecular weight is 396 g/mol. The van der Waals surface area contributed by atoms with Gasteiger partial charge in [0.05, 0.1) is 29.4 Å². The van der Waals surface area contributed by atoms with Gasteiger partial charge in [0, 0.05) is 25.4 Å². The van der Waals surface area contributed by atoms with Gasteiger partial charge in [0.25, 0.3) is 0 Å². The molecule has 2 aromatic heterocycles. The second-order valence-electron chi connectivity index (χ2n) is 7.73. The number of rotatable bonds is 4. The smallest absolute Gasteiger partial charge is 0.227 e. The minimum absolute atomic E-state index is 0.0117. The molecule has 7 heteroatoms. The third kappa shape index (κ3) is 3.81. The number of aryl methyl sites for hydroxylation is 2. The largest absolute Gasteiger partial charge is 0.356 e. The van der Waals surface area contributed by atoms with Crippen molar-refractivity contribution in [2.75, 3.05) is 6.54 Å². The lowest BCUT2D eigenvalue weighted by molar-refractivity contribution is -0.134. The van der Waals surface area contributed by atoms with Crippen molar-refractivity contribution in [2.24, 2.45) is 7.05 Å². The Morgan fingerprint density at radius 1 is 1.31 bits per heavy atom. The van der Waals surface area contributed by atoms with E-state index in [2.05, 4.69) is 10.3 Å². The van der Waals surface area contributed by atoms with E-state index in [4.69, 9.17) is 4.52 Å². The zero-order valence-electron chi connectivity index (χ0n) is 17.0. The molecule has 1 aliphatic heterocycles. The average Bonchev–Trinajstić information content (AvgIpc) is 3.24. The van der Waals surface area contributed by atoms with Gasteiger partial charge in [-0.15, -0.1) is 0 Å².